The van der Waals surface area contributed by atoms with Crippen LogP contribution in [-0.4, -0.2) is 17.0 Å². The van der Waals surface area contributed by atoms with E-state index in [1.165, 1.54) is 0 Å². The Bertz CT molecular complexity index is 304. The first-order valence-electron chi connectivity index (χ1n) is 4.35. The van der Waals surface area contributed by atoms with Crippen LogP contribution in [0.4, 0.5) is 0 Å². The second kappa shape index (κ2) is 5.59. The SMILES string of the molecule is CCOc1ccc(Cl)cc1C(O)CBr. The van der Waals surface area contributed by atoms with Crippen molar-refractivity contribution < 1.29 is 9.84 Å². The van der Waals surface area contributed by atoms with E-state index in [-0.39, 0.29) is 0 Å². The fourth-order valence-electron chi connectivity index (χ4n) is 1.15. The maximum absolute atomic E-state index is 9.68. The van der Waals surface area contributed by atoms with Crippen LogP contribution < -0.4 is 4.74 Å². The third kappa shape index (κ3) is 2.87. The van der Waals surface area contributed by atoms with Crippen molar-refractivity contribution in [1.82, 2.24) is 0 Å². The van der Waals surface area contributed by atoms with Gasteiger partial charge in [0, 0.05) is 15.9 Å². The Morgan fingerprint density at radius 2 is 2.29 bits per heavy atom. The van der Waals surface area contributed by atoms with Gasteiger partial charge in [0.2, 0.25) is 0 Å². The van der Waals surface area contributed by atoms with Gasteiger partial charge in [-0.1, -0.05) is 27.5 Å². The van der Waals surface area contributed by atoms with Gasteiger partial charge in [-0.05, 0) is 25.1 Å². The van der Waals surface area contributed by atoms with Crippen molar-refractivity contribution in [1.29, 1.82) is 0 Å². The van der Waals surface area contributed by atoms with Crippen LogP contribution in [0, 0.1) is 0 Å². The van der Waals surface area contributed by atoms with Crippen molar-refractivity contribution in [3.05, 3.63) is 28.8 Å². The smallest absolute Gasteiger partial charge is 0.125 e. The lowest BCUT2D eigenvalue weighted by molar-refractivity contribution is 0.198. The quantitative estimate of drug-likeness (QED) is 0.858. The van der Waals surface area contributed by atoms with Crippen LogP contribution >= 0.6 is 27.5 Å². The standard InChI is InChI=1S/C10H12BrClO2/c1-2-14-10-4-3-7(12)5-8(10)9(13)6-11/h3-5,9,13H,2,6H2,1H3. The molecule has 0 fully saturated rings. The van der Waals surface area contributed by atoms with Crippen LogP contribution in [0.3, 0.4) is 0 Å². The van der Waals surface area contributed by atoms with Gasteiger partial charge in [0.1, 0.15) is 5.75 Å². The summed E-state index contributed by atoms with van der Waals surface area (Å²) in [5.41, 5.74) is 0.719. The van der Waals surface area contributed by atoms with E-state index in [1.54, 1.807) is 18.2 Å². The van der Waals surface area contributed by atoms with E-state index in [2.05, 4.69) is 15.9 Å². The molecule has 1 aromatic carbocycles. The van der Waals surface area contributed by atoms with Crippen LogP contribution in [0.15, 0.2) is 18.2 Å². The molecule has 1 aromatic rings. The van der Waals surface area contributed by atoms with Crippen molar-refractivity contribution in [3.63, 3.8) is 0 Å². The lowest BCUT2D eigenvalue weighted by atomic mass is 10.1. The van der Waals surface area contributed by atoms with Crippen molar-refractivity contribution in [2.24, 2.45) is 0 Å². The number of ether oxygens (including phenoxy) is 1. The summed E-state index contributed by atoms with van der Waals surface area (Å²) in [5.74, 6) is 0.684. The molecular weight excluding hydrogens is 267 g/mol. The number of alkyl halides is 1. The fraction of sp³-hybridized carbons (Fsp3) is 0.400. The molecule has 0 aliphatic carbocycles. The summed E-state index contributed by atoms with van der Waals surface area (Å²) in [6.45, 7) is 2.47. The summed E-state index contributed by atoms with van der Waals surface area (Å²) in [6.07, 6.45) is -0.588. The summed E-state index contributed by atoms with van der Waals surface area (Å²) in [6, 6.07) is 5.24. The second-order valence-corrected chi connectivity index (χ2v) is 3.87. The van der Waals surface area contributed by atoms with Gasteiger partial charge >= 0.3 is 0 Å². The molecule has 1 rings (SSSR count). The molecule has 0 saturated heterocycles. The van der Waals surface area contributed by atoms with E-state index in [4.69, 9.17) is 16.3 Å². The molecule has 0 aliphatic rings. The molecular formula is C10H12BrClO2. The van der Waals surface area contributed by atoms with Crippen molar-refractivity contribution in [2.45, 2.75) is 13.0 Å². The third-order valence-corrected chi connectivity index (χ3v) is 2.63. The lowest BCUT2D eigenvalue weighted by Crippen LogP contribution is -2.03. The van der Waals surface area contributed by atoms with Crippen LogP contribution in [0.2, 0.25) is 5.02 Å². The van der Waals surface area contributed by atoms with Gasteiger partial charge in [-0.2, -0.15) is 0 Å². The number of aliphatic hydroxyl groups is 1. The average Bonchev–Trinajstić information content (AvgIpc) is 2.20. The molecule has 2 nitrogen and oxygen atoms in total. The minimum atomic E-state index is -0.588. The zero-order valence-electron chi connectivity index (χ0n) is 7.84. The molecule has 0 bridgehead atoms. The second-order valence-electron chi connectivity index (χ2n) is 2.79. The lowest BCUT2D eigenvalue weighted by Gasteiger charge is -2.13. The van der Waals surface area contributed by atoms with E-state index >= 15 is 0 Å². The highest BCUT2D eigenvalue weighted by molar-refractivity contribution is 9.09. The molecule has 1 N–H and O–H groups in total. The number of halogens is 2. The van der Waals surface area contributed by atoms with Crippen LogP contribution in [0.25, 0.3) is 0 Å². The highest BCUT2D eigenvalue weighted by Gasteiger charge is 2.12. The van der Waals surface area contributed by atoms with Crippen molar-refractivity contribution >= 4 is 27.5 Å². The molecule has 0 amide bonds. The monoisotopic (exact) mass is 278 g/mol. The topological polar surface area (TPSA) is 29.5 Å². The third-order valence-electron chi connectivity index (χ3n) is 1.78. The summed E-state index contributed by atoms with van der Waals surface area (Å²) in [7, 11) is 0. The minimum absolute atomic E-state index is 0.466. The molecule has 0 heterocycles. The number of rotatable bonds is 4. The zero-order chi connectivity index (χ0) is 10.6. The molecule has 1 unspecified atom stereocenters. The number of aliphatic hydroxyl groups excluding tert-OH is 1. The fourth-order valence-corrected chi connectivity index (χ4v) is 1.68. The average molecular weight is 280 g/mol. The Morgan fingerprint density at radius 1 is 1.57 bits per heavy atom. The van der Waals surface area contributed by atoms with Crippen molar-refractivity contribution in [2.75, 3.05) is 11.9 Å². The molecule has 78 valence electrons. The van der Waals surface area contributed by atoms with Gasteiger partial charge in [-0.15, -0.1) is 0 Å². The Kier molecular flexibility index (Phi) is 4.72. The predicted molar refractivity (Wildman–Crippen MR) is 61.4 cm³/mol. The molecule has 4 heteroatoms. The Hall–Kier alpha value is -0.250. The molecule has 0 aliphatic heterocycles. The number of benzene rings is 1. The van der Waals surface area contributed by atoms with E-state index < -0.39 is 6.10 Å². The van der Waals surface area contributed by atoms with Crippen LogP contribution in [0.1, 0.15) is 18.6 Å². The van der Waals surface area contributed by atoms with Crippen LogP contribution in [-0.2, 0) is 0 Å². The molecule has 0 aromatic heterocycles. The minimum Gasteiger partial charge on any atom is -0.493 e. The first-order chi connectivity index (χ1) is 6.69. The van der Waals surface area contributed by atoms with Gasteiger partial charge < -0.3 is 9.84 Å². The predicted octanol–water partition coefficient (Wildman–Crippen LogP) is 3.17. The highest BCUT2D eigenvalue weighted by atomic mass is 79.9. The van der Waals surface area contributed by atoms with Gasteiger partial charge in [0.05, 0.1) is 12.7 Å². The number of hydrogen-bond donors (Lipinski definition) is 1. The zero-order valence-corrected chi connectivity index (χ0v) is 10.2. The Labute approximate surface area is 97.0 Å². The summed E-state index contributed by atoms with van der Waals surface area (Å²) in [4.78, 5) is 0. The Balaban J connectivity index is 3.02. The molecule has 14 heavy (non-hydrogen) atoms. The first-order valence-corrected chi connectivity index (χ1v) is 5.85. The summed E-state index contributed by atoms with van der Waals surface area (Å²) in [5, 5.41) is 10.7. The largest absolute Gasteiger partial charge is 0.493 e. The molecule has 0 radical (unpaired) electrons. The van der Waals surface area contributed by atoms with Gasteiger partial charge in [-0.3, -0.25) is 0 Å². The van der Waals surface area contributed by atoms with Crippen LogP contribution in [0.5, 0.6) is 5.75 Å². The normalized spacial score (nSPS) is 12.6. The Morgan fingerprint density at radius 3 is 2.86 bits per heavy atom. The maximum Gasteiger partial charge on any atom is 0.125 e. The number of hydrogen-bond acceptors (Lipinski definition) is 2. The van der Waals surface area contributed by atoms with E-state index in [0.29, 0.717) is 22.7 Å². The summed E-state index contributed by atoms with van der Waals surface area (Å²) < 4.78 is 5.38. The molecule has 1 atom stereocenters. The van der Waals surface area contributed by atoms with E-state index in [9.17, 15) is 5.11 Å². The van der Waals surface area contributed by atoms with Gasteiger partial charge in [-0.25, -0.2) is 0 Å². The van der Waals surface area contributed by atoms with E-state index in [0.717, 1.165) is 5.56 Å². The molecule has 0 saturated carbocycles. The van der Waals surface area contributed by atoms with Gasteiger partial charge in [0.15, 0.2) is 0 Å². The highest BCUT2D eigenvalue weighted by Crippen LogP contribution is 2.29. The van der Waals surface area contributed by atoms with E-state index in [1.807, 2.05) is 6.92 Å². The first kappa shape index (κ1) is 11.8. The summed E-state index contributed by atoms with van der Waals surface area (Å²) >= 11 is 9.05. The maximum atomic E-state index is 9.68. The van der Waals surface area contributed by atoms with Gasteiger partial charge in [0.25, 0.3) is 0 Å². The van der Waals surface area contributed by atoms with Crippen molar-refractivity contribution in [3.8, 4) is 5.75 Å². The molecule has 0 spiro atoms.